The zero-order valence-electron chi connectivity index (χ0n) is 22.3. The number of rotatable bonds is 8. The molecule has 1 N–H and O–H groups in total. The molecule has 0 aliphatic carbocycles. The van der Waals surface area contributed by atoms with E-state index in [1.807, 2.05) is 30.3 Å². The summed E-state index contributed by atoms with van der Waals surface area (Å²) in [7, 11) is 1.25. The number of carbonyl (C=O) groups is 2. The zero-order chi connectivity index (χ0) is 28.1. The smallest absolute Gasteiger partial charge is 0.337 e. The molecule has 0 bridgehead atoms. The second-order valence-corrected chi connectivity index (χ2v) is 9.92. The van der Waals surface area contributed by atoms with E-state index in [1.54, 1.807) is 19.9 Å². The molecule has 2 aliphatic heterocycles. The van der Waals surface area contributed by atoms with Gasteiger partial charge in [0.2, 0.25) is 0 Å². The van der Waals surface area contributed by atoms with Gasteiger partial charge in [-0.25, -0.2) is 4.79 Å². The summed E-state index contributed by atoms with van der Waals surface area (Å²) >= 11 is 0. The minimum absolute atomic E-state index is 0.156. The van der Waals surface area contributed by atoms with Gasteiger partial charge in [-0.3, -0.25) is 24.8 Å². The molecule has 206 valence electrons. The average molecular weight is 536 g/mol. The van der Waals surface area contributed by atoms with Gasteiger partial charge in [0.05, 0.1) is 23.7 Å². The van der Waals surface area contributed by atoms with Crippen molar-refractivity contribution in [1.29, 1.82) is 0 Å². The van der Waals surface area contributed by atoms with E-state index in [-0.39, 0.29) is 17.4 Å². The van der Waals surface area contributed by atoms with Crippen LogP contribution in [0.3, 0.4) is 0 Å². The summed E-state index contributed by atoms with van der Waals surface area (Å²) in [6.45, 7) is 5.12. The van der Waals surface area contributed by atoms with Crippen molar-refractivity contribution in [3.63, 3.8) is 0 Å². The Bertz CT molecular complexity index is 1280. The molecule has 1 fully saturated rings. The number of likely N-dealkylation sites (tertiary alicyclic amines) is 1. The molecule has 0 saturated carbocycles. The second kappa shape index (κ2) is 12.3. The number of benzene rings is 2. The van der Waals surface area contributed by atoms with Crippen LogP contribution in [0.15, 0.2) is 70.9 Å². The number of aliphatic hydroxyl groups excluding tert-OH is 1. The molecule has 2 heterocycles. The van der Waals surface area contributed by atoms with Gasteiger partial charge >= 0.3 is 11.9 Å². The highest BCUT2D eigenvalue weighted by atomic mass is 16.6. The molecule has 1 saturated heterocycles. The first-order valence-electron chi connectivity index (χ1n) is 12.9. The van der Waals surface area contributed by atoms with Crippen LogP contribution in [0.5, 0.6) is 0 Å². The van der Waals surface area contributed by atoms with Crippen molar-refractivity contribution in [3.05, 3.63) is 87.1 Å². The number of carbonyl (C=O) groups excluding carboxylic acids is 2. The van der Waals surface area contributed by atoms with E-state index >= 15 is 0 Å². The van der Waals surface area contributed by atoms with E-state index in [0.29, 0.717) is 49.4 Å². The van der Waals surface area contributed by atoms with E-state index in [4.69, 9.17) is 9.47 Å². The van der Waals surface area contributed by atoms with Crippen molar-refractivity contribution in [2.45, 2.75) is 44.8 Å². The van der Waals surface area contributed by atoms with Gasteiger partial charge in [0.1, 0.15) is 12.0 Å². The summed E-state index contributed by atoms with van der Waals surface area (Å²) in [5, 5.41) is 21.4. The first-order valence-corrected chi connectivity index (χ1v) is 12.9. The lowest BCUT2D eigenvalue weighted by Crippen LogP contribution is -2.40. The topological polar surface area (TPSA) is 132 Å². The van der Waals surface area contributed by atoms with E-state index in [1.165, 1.54) is 25.3 Å². The van der Waals surface area contributed by atoms with Gasteiger partial charge in [0.25, 0.3) is 5.69 Å². The van der Waals surface area contributed by atoms with Gasteiger partial charge in [-0.1, -0.05) is 42.5 Å². The fourth-order valence-corrected chi connectivity index (χ4v) is 5.33. The number of esters is 2. The number of aliphatic hydroxyl groups is 1. The normalized spacial score (nSPS) is 21.2. The highest BCUT2D eigenvalue weighted by molar-refractivity contribution is 6.07. The molecule has 3 atom stereocenters. The number of nitrogens with zero attached hydrogens (tertiary/aromatic N) is 3. The standard InChI is InChI=1S/C29H33N3O7/c1-18-25(28(34)38-3)27(21-10-7-11-22(16-21)32(36)37)26(19(2)30-18)29(35)39-24(20-8-5-4-6-9-20)17-31-14-12-23(33)13-15-31/h4-11,16,23-25,27,33H,12-15,17H2,1-3H3. The van der Waals surface area contributed by atoms with Crippen LogP contribution in [-0.4, -0.2) is 65.4 Å². The van der Waals surface area contributed by atoms with Crippen molar-refractivity contribution in [3.8, 4) is 0 Å². The number of non-ortho nitro benzene ring substituents is 1. The van der Waals surface area contributed by atoms with E-state index < -0.39 is 34.8 Å². The molecule has 4 rings (SSSR count). The summed E-state index contributed by atoms with van der Waals surface area (Å²) in [4.78, 5) is 44.6. The molecule has 0 radical (unpaired) electrons. The molecule has 2 aromatic rings. The summed E-state index contributed by atoms with van der Waals surface area (Å²) in [6.07, 6.45) is 0.330. The van der Waals surface area contributed by atoms with Crippen molar-refractivity contribution in [1.82, 2.24) is 4.90 Å². The van der Waals surface area contributed by atoms with Gasteiger partial charge in [-0.05, 0) is 37.8 Å². The van der Waals surface area contributed by atoms with Crippen molar-refractivity contribution < 1.29 is 29.1 Å². The third-order valence-electron chi connectivity index (χ3n) is 7.35. The maximum atomic E-state index is 14.0. The SMILES string of the molecule is COC(=O)C1C(C)=NC(C)=C(C(=O)OC(CN2CCC(O)CC2)c2ccccc2)C1c1cccc([N+](=O)[O-])c1. The van der Waals surface area contributed by atoms with E-state index in [0.717, 1.165) is 5.56 Å². The highest BCUT2D eigenvalue weighted by Crippen LogP contribution is 2.41. The van der Waals surface area contributed by atoms with Crippen LogP contribution in [0, 0.1) is 16.0 Å². The largest absolute Gasteiger partial charge is 0.468 e. The quantitative estimate of drug-likeness (QED) is 0.305. The third kappa shape index (κ3) is 6.40. The van der Waals surface area contributed by atoms with Gasteiger partial charge in [-0.2, -0.15) is 0 Å². The van der Waals surface area contributed by atoms with Gasteiger partial charge in [0, 0.05) is 49.1 Å². The third-order valence-corrected chi connectivity index (χ3v) is 7.35. The molecule has 39 heavy (non-hydrogen) atoms. The summed E-state index contributed by atoms with van der Waals surface area (Å²) < 4.78 is 11.2. The number of hydrogen-bond donors (Lipinski definition) is 1. The van der Waals surface area contributed by atoms with Gasteiger partial charge in [-0.15, -0.1) is 0 Å². The van der Waals surface area contributed by atoms with Crippen molar-refractivity contribution in [2.75, 3.05) is 26.7 Å². The van der Waals surface area contributed by atoms with Gasteiger partial charge < -0.3 is 14.6 Å². The molecule has 0 amide bonds. The van der Waals surface area contributed by atoms with Crippen molar-refractivity contribution in [2.24, 2.45) is 10.9 Å². The van der Waals surface area contributed by atoms with Crippen LogP contribution in [0.1, 0.15) is 49.8 Å². The van der Waals surface area contributed by atoms with Crippen LogP contribution in [-0.2, 0) is 19.1 Å². The summed E-state index contributed by atoms with van der Waals surface area (Å²) in [5.74, 6) is -3.09. The fourth-order valence-electron chi connectivity index (χ4n) is 5.33. The second-order valence-electron chi connectivity index (χ2n) is 9.92. The Morgan fingerprint density at radius 3 is 2.46 bits per heavy atom. The molecular weight excluding hydrogens is 502 g/mol. The first kappa shape index (κ1) is 28.1. The molecule has 3 unspecified atom stereocenters. The van der Waals surface area contributed by atoms with Crippen LogP contribution >= 0.6 is 0 Å². The Kier molecular flexibility index (Phi) is 8.88. The number of ether oxygens (including phenoxy) is 2. The fraction of sp³-hybridized carbons (Fsp3) is 0.414. The van der Waals surface area contributed by atoms with Crippen LogP contribution in [0.25, 0.3) is 0 Å². The molecule has 2 aromatic carbocycles. The number of nitro benzene ring substituents is 1. The summed E-state index contributed by atoms with van der Waals surface area (Å²) in [6, 6.07) is 15.3. The Hall–Kier alpha value is -3.89. The monoisotopic (exact) mass is 535 g/mol. The molecule has 0 aromatic heterocycles. The predicted octanol–water partition coefficient (Wildman–Crippen LogP) is 3.96. The molecular formula is C29H33N3O7. The lowest BCUT2D eigenvalue weighted by Gasteiger charge is -2.34. The van der Waals surface area contributed by atoms with Crippen LogP contribution in [0.2, 0.25) is 0 Å². The minimum Gasteiger partial charge on any atom is -0.468 e. The molecule has 0 spiro atoms. The van der Waals surface area contributed by atoms with E-state index in [9.17, 15) is 24.8 Å². The zero-order valence-corrected chi connectivity index (χ0v) is 22.3. The van der Waals surface area contributed by atoms with Crippen LogP contribution in [0.4, 0.5) is 5.69 Å². The number of methoxy groups -OCH3 is 1. The lowest BCUT2D eigenvalue weighted by atomic mass is 9.75. The maximum absolute atomic E-state index is 14.0. The summed E-state index contributed by atoms with van der Waals surface area (Å²) in [5.41, 5.74) is 2.05. The average Bonchev–Trinajstić information content (AvgIpc) is 2.93. The number of aliphatic imine (C=N–C) groups is 1. The van der Waals surface area contributed by atoms with Crippen molar-refractivity contribution >= 4 is 23.3 Å². The minimum atomic E-state index is -0.956. The first-order chi connectivity index (χ1) is 18.7. The molecule has 10 heteroatoms. The van der Waals surface area contributed by atoms with Crippen LogP contribution < -0.4 is 0 Å². The number of piperidine rings is 1. The lowest BCUT2D eigenvalue weighted by molar-refractivity contribution is -0.384. The Morgan fingerprint density at radius 1 is 1.13 bits per heavy atom. The molecule has 2 aliphatic rings. The van der Waals surface area contributed by atoms with E-state index in [2.05, 4.69) is 9.89 Å². The highest BCUT2D eigenvalue weighted by Gasteiger charge is 2.43. The maximum Gasteiger partial charge on any atom is 0.337 e. The molecule has 10 nitrogen and oxygen atoms in total. The number of nitro groups is 1. The Labute approximate surface area is 227 Å². The number of allylic oxidation sites excluding steroid dienone is 1. The predicted molar refractivity (Wildman–Crippen MR) is 144 cm³/mol. The Morgan fingerprint density at radius 2 is 1.82 bits per heavy atom. The Balaban J connectivity index is 1.72. The van der Waals surface area contributed by atoms with Gasteiger partial charge in [0.15, 0.2) is 0 Å². The number of hydrogen-bond acceptors (Lipinski definition) is 9.